The minimum Gasteiger partial charge on any atom is -0.457 e. The van der Waals surface area contributed by atoms with Crippen LogP contribution in [-0.2, 0) is 0 Å². The first-order chi connectivity index (χ1) is 11.2. The Morgan fingerprint density at radius 1 is 1.12 bits per heavy atom. The molecular weight excluding hydrogens is 361 g/mol. The van der Waals surface area contributed by atoms with Gasteiger partial charge in [-0.3, -0.25) is 9.78 Å². The number of hydrogen-bond acceptors (Lipinski definition) is 4. The molecule has 1 N–H and O–H groups in total. The molecule has 1 saturated heterocycles. The van der Waals surface area contributed by atoms with Gasteiger partial charge in [-0.25, -0.2) is 0 Å². The highest BCUT2D eigenvalue weighted by molar-refractivity contribution is 5.94. The number of nitrogens with one attached hydrogen (secondary N) is 1. The van der Waals surface area contributed by atoms with Gasteiger partial charge >= 0.3 is 0 Å². The Hall–Kier alpha value is -1.82. The second-order valence-corrected chi connectivity index (χ2v) is 5.71. The first-order valence-electron chi connectivity index (χ1n) is 7.90. The lowest BCUT2D eigenvalue weighted by atomic mass is 10.0. The third-order valence-electron chi connectivity index (χ3n) is 4.14. The van der Waals surface area contributed by atoms with E-state index in [0.717, 1.165) is 25.9 Å². The number of rotatable bonds is 4. The average molecular weight is 384 g/mol. The third kappa shape index (κ3) is 5.59. The summed E-state index contributed by atoms with van der Waals surface area (Å²) in [5, 5.41) is 3.32. The molecule has 25 heavy (non-hydrogen) atoms. The molecule has 1 aliphatic heterocycles. The lowest BCUT2D eigenvalue weighted by molar-refractivity contribution is 0.0703. The normalized spacial score (nSPS) is 14.0. The van der Waals surface area contributed by atoms with Crippen molar-refractivity contribution in [1.29, 1.82) is 0 Å². The predicted octanol–water partition coefficient (Wildman–Crippen LogP) is 3.54. The number of aromatic nitrogens is 1. The molecule has 0 aliphatic carbocycles. The van der Waals surface area contributed by atoms with Crippen molar-refractivity contribution in [2.24, 2.45) is 0 Å². The highest BCUT2D eigenvalue weighted by atomic mass is 35.5. The van der Waals surface area contributed by atoms with Gasteiger partial charge in [0.1, 0.15) is 11.5 Å². The molecule has 5 nitrogen and oxygen atoms in total. The molecular formula is C18H23Cl2N3O2. The number of hydrogen-bond donors (Lipinski definition) is 1. The van der Waals surface area contributed by atoms with Crippen molar-refractivity contribution >= 4 is 30.7 Å². The molecule has 2 heterocycles. The lowest BCUT2D eigenvalue weighted by Crippen LogP contribution is -2.43. The molecule has 0 unspecified atom stereocenters. The van der Waals surface area contributed by atoms with Crippen LogP contribution in [0.15, 0.2) is 48.8 Å². The van der Waals surface area contributed by atoms with Gasteiger partial charge < -0.3 is 15.0 Å². The van der Waals surface area contributed by atoms with Gasteiger partial charge in [-0.2, -0.15) is 0 Å². The van der Waals surface area contributed by atoms with Crippen LogP contribution < -0.4 is 10.1 Å². The van der Waals surface area contributed by atoms with Crippen molar-refractivity contribution in [3.8, 4) is 11.5 Å². The fraction of sp³-hybridized carbons (Fsp3) is 0.333. The Balaban J connectivity index is 0.00000156. The first-order valence-corrected chi connectivity index (χ1v) is 7.90. The van der Waals surface area contributed by atoms with E-state index in [0.29, 0.717) is 23.1 Å². The Bertz CT molecular complexity index is 664. The van der Waals surface area contributed by atoms with E-state index in [1.165, 1.54) is 0 Å². The number of benzene rings is 1. The fourth-order valence-electron chi connectivity index (χ4n) is 2.80. The molecule has 0 radical (unpaired) electrons. The maximum absolute atomic E-state index is 12.7. The second kappa shape index (κ2) is 10.2. The summed E-state index contributed by atoms with van der Waals surface area (Å²) in [7, 11) is 1.88. The average Bonchev–Trinajstić information content (AvgIpc) is 2.62. The molecule has 0 atom stereocenters. The number of carbonyl (C=O) groups excluding carboxylic acids is 1. The summed E-state index contributed by atoms with van der Waals surface area (Å²) in [6.45, 7) is 1.93. The molecule has 0 saturated carbocycles. The van der Waals surface area contributed by atoms with Crippen molar-refractivity contribution in [2.75, 3.05) is 20.1 Å². The Kier molecular flexibility index (Phi) is 8.69. The van der Waals surface area contributed by atoms with E-state index in [1.807, 2.05) is 30.1 Å². The van der Waals surface area contributed by atoms with Crippen LogP contribution in [0.2, 0.25) is 0 Å². The van der Waals surface area contributed by atoms with Crippen LogP contribution in [-0.4, -0.2) is 42.0 Å². The summed E-state index contributed by atoms with van der Waals surface area (Å²) in [5.41, 5.74) is 0.651. The van der Waals surface area contributed by atoms with Gasteiger partial charge in [0, 0.05) is 31.0 Å². The van der Waals surface area contributed by atoms with Gasteiger partial charge in [-0.05, 0) is 56.3 Å². The van der Waals surface area contributed by atoms with Crippen LogP contribution in [0.25, 0.3) is 0 Å². The molecule has 0 spiro atoms. The van der Waals surface area contributed by atoms with Crippen molar-refractivity contribution in [1.82, 2.24) is 15.2 Å². The van der Waals surface area contributed by atoms with Gasteiger partial charge in [0.25, 0.3) is 5.91 Å². The quantitative estimate of drug-likeness (QED) is 0.876. The summed E-state index contributed by atoms with van der Waals surface area (Å²) in [5.74, 6) is 1.40. The van der Waals surface area contributed by atoms with Crippen LogP contribution in [0.1, 0.15) is 23.2 Å². The number of nitrogens with zero attached hydrogens (tertiary/aromatic N) is 2. The molecule has 7 heteroatoms. The zero-order chi connectivity index (χ0) is 16.1. The van der Waals surface area contributed by atoms with Gasteiger partial charge in [-0.15, -0.1) is 24.8 Å². The summed E-state index contributed by atoms with van der Waals surface area (Å²) in [6, 6.07) is 11.2. The van der Waals surface area contributed by atoms with E-state index < -0.39 is 0 Å². The molecule has 136 valence electrons. The largest absolute Gasteiger partial charge is 0.457 e. The van der Waals surface area contributed by atoms with Gasteiger partial charge in [0.2, 0.25) is 0 Å². The zero-order valence-corrected chi connectivity index (χ0v) is 15.7. The van der Waals surface area contributed by atoms with E-state index >= 15 is 0 Å². The van der Waals surface area contributed by atoms with Crippen LogP contribution in [0.5, 0.6) is 11.5 Å². The van der Waals surface area contributed by atoms with Crippen molar-refractivity contribution in [2.45, 2.75) is 18.9 Å². The topological polar surface area (TPSA) is 54.5 Å². The third-order valence-corrected chi connectivity index (χ3v) is 4.14. The lowest BCUT2D eigenvalue weighted by Gasteiger charge is -2.31. The van der Waals surface area contributed by atoms with Crippen molar-refractivity contribution in [3.05, 3.63) is 54.4 Å². The first kappa shape index (κ1) is 21.2. The van der Waals surface area contributed by atoms with Crippen LogP contribution >= 0.6 is 24.8 Å². The van der Waals surface area contributed by atoms with Crippen LogP contribution in [0, 0.1) is 0 Å². The number of piperidine rings is 1. The Labute approximate surface area is 160 Å². The molecule has 1 aromatic heterocycles. The van der Waals surface area contributed by atoms with E-state index in [4.69, 9.17) is 4.74 Å². The highest BCUT2D eigenvalue weighted by Gasteiger charge is 2.23. The van der Waals surface area contributed by atoms with Gasteiger partial charge in [0.05, 0.1) is 0 Å². The maximum Gasteiger partial charge on any atom is 0.253 e. The van der Waals surface area contributed by atoms with E-state index in [-0.39, 0.29) is 30.7 Å². The molecule has 1 aromatic carbocycles. The SMILES string of the molecule is CN(C(=O)c1cccc(Oc2ccncc2)c1)C1CCNCC1.Cl.Cl. The van der Waals surface area contributed by atoms with E-state index in [1.54, 1.807) is 30.6 Å². The number of pyridine rings is 1. The van der Waals surface area contributed by atoms with Crippen molar-refractivity contribution in [3.63, 3.8) is 0 Å². The minimum atomic E-state index is 0. The van der Waals surface area contributed by atoms with Crippen molar-refractivity contribution < 1.29 is 9.53 Å². The van der Waals surface area contributed by atoms with Gasteiger partial charge in [-0.1, -0.05) is 6.07 Å². The standard InChI is InChI=1S/C18H21N3O2.2ClH/c1-21(15-5-9-19-10-6-15)18(22)14-3-2-4-17(13-14)23-16-7-11-20-12-8-16;;/h2-4,7-8,11-13,15,19H,5-6,9-10H2,1H3;2*1H. The van der Waals surface area contributed by atoms with Gasteiger partial charge in [0.15, 0.2) is 0 Å². The fourth-order valence-corrected chi connectivity index (χ4v) is 2.80. The Morgan fingerprint density at radius 2 is 1.80 bits per heavy atom. The molecule has 3 rings (SSSR count). The van der Waals surface area contributed by atoms with Crippen LogP contribution in [0.4, 0.5) is 0 Å². The molecule has 2 aromatic rings. The minimum absolute atomic E-state index is 0. The summed E-state index contributed by atoms with van der Waals surface area (Å²) in [4.78, 5) is 18.5. The zero-order valence-electron chi connectivity index (χ0n) is 14.1. The molecule has 0 bridgehead atoms. The summed E-state index contributed by atoms with van der Waals surface area (Å²) < 4.78 is 5.77. The summed E-state index contributed by atoms with van der Waals surface area (Å²) in [6.07, 6.45) is 5.34. The number of carbonyl (C=O) groups is 1. The van der Waals surface area contributed by atoms with E-state index in [2.05, 4.69) is 10.3 Å². The molecule has 1 fully saturated rings. The number of amides is 1. The predicted molar refractivity (Wildman–Crippen MR) is 103 cm³/mol. The van der Waals surface area contributed by atoms with Crippen LogP contribution in [0.3, 0.4) is 0 Å². The molecule has 1 amide bonds. The maximum atomic E-state index is 12.7. The monoisotopic (exact) mass is 383 g/mol. The van der Waals surface area contributed by atoms with E-state index in [9.17, 15) is 4.79 Å². The smallest absolute Gasteiger partial charge is 0.253 e. The Morgan fingerprint density at radius 3 is 2.48 bits per heavy atom. The number of ether oxygens (including phenoxy) is 1. The highest BCUT2D eigenvalue weighted by Crippen LogP contribution is 2.22. The second-order valence-electron chi connectivity index (χ2n) is 5.71. The summed E-state index contributed by atoms with van der Waals surface area (Å²) >= 11 is 0. The number of halogens is 2. The molecule has 1 aliphatic rings.